The van der Waals surface area contributed by atoms with E-state index in [1.807, 2.05) is 32.0 Å². The molecule has 0 fully saturated rings. The van der Waals surface area contributed by atoms with Crippen LogP contribution in [0.2, 0.25) is 0 Å². The average Bonchev–Trinajstić information content (AvgIpc) is 2.34. The minimum atomic E-state index is -0.320. The Labute approximate surface area is 119 Å². The number of ether oxygens (including phenoxy) is 1. The molecule has 20 heavy (non-hydrogen) atoms. The van der Waals surface area contributed by atoms with E-state index < -0.39 is 0 Å². The molecule has 1 unspecified atom stereocenters. The Morgan fingerprint density at radius 3 is 2.40 bits per heavy atom. The number of hydrogen-bond donors (Lipinski definition) is 2. The van der Waals surface area contributed by atoms with Gasteiger partial charge in [-0.25, -0.2) is 4.79 Å². The van der Waals surface area contributed by atoms with Crippen LogP contribution in [0.3, 0.4) is 0 Å². The third-order valence-corrected chi connectivity index (χ3v) is 2.88. The average molecular weight is 278 g/mol. The number of carbonyl (C=O) groups is 2. The lowest BCUT2D eigenvalue weighted by molar-refractivity contribution is -0.143. The molecule has 5 nitrogen and oxygen atoms in total. The van der Waals surface area contributed by atoms with Gasteiger partial charge in [-0.3, -0.25) is 4.79 Å². The Bertz CT molecular complexity index is 466. The number of urea groups is 1. The van der Waals surface area contributed by atoms with Crippen molar-refractivity contribution in [1.82, 2.24) is 5.32 Å². The minimum absolute atomic E-state index is 0.161. The second kappa shape index (κ2) is 7.53. The molecule has 110 valence electrons. The van der Waals surface area contributed by atoms with Crippen LogP contribution < -0.4 is 10.6 Å². The first-order valence-electron chi connectivity index (χ1n) is 6.73. The van der Waals surface area contributed by atoms with Gasteiger partial charge in [0.15, 0.2) is 0 Å². The molecule has 1 aromatic rings. The highest BCUT2D eigenvalue weighted by atomic mass is 16.5. The molecule has 1 atom stereocenters. The number of para-hydroxylation sites is 1. The molecule has 0 aliphatic rings. The van der Waals surface area contributed by atoms with E-state index in [4.69, 9.17) is 4.74 Å². The second-order valence-electron chi connectivity index (χ2n) is 4.78. The molecule has 0 heterocycles. The van der Waals surface area contributed by atoms with Gasteiger partial charge in [-0.2, -0.15) is 0 Å². The fourth-order valence-electron chi connectivity index (χ4n) is 1.91. The normalized spacial score (nSPS) is 11.6. The van der Waals surface area contributed by atoms with Crippen LogP contribution in [-0.2, 0) is 9.53 Å². The van der Waals surface area contributed by atoms with Crippen molar-refractivity contribution in [2.24, 2.45) is 0 Å². The van der Waals surface area contributed by atoms with E-state index >= 15 is 0 Å². The summed E-state index contributed by atoms with van der Waals surface area (Å²) in [6.07, 6.45) is 0.161. The number of carbonyl (C=O) groups excluding carboxylic acids is 2. The minimum Gasteiger partial charge on any atom is -0.466 e. The number of rotatable bonds is 5. The van der Waals surface area contributed by atoms with Crippen LogP contribution in [0.15, 0.2) is 18.2 Å². The molecule has 2 amide bonds. The van der Waals surface area contributed by atoms with Gasteiger partial charge in [-0.15, -0.1) is 0 Å². The summed E-state index contributed by atoms with van der Waals surface area (Å²) in [5.74, 6) is -0.313. The van der Waals surface area contributed by atoms with Crippen LogP contribution in [0.4, 0.5) is 10.5 Å². The molecule has 5 heteroatoms. The zero-order chi connectivity index (χ0) is 15.1. The van der Waals surface area contributed by atoms with Crippen molar-refractivity contribution in [2.75, 3.05) is 11.9 Å². The summed E-state index contributed by atoms with van der Waals surface area (Å²) in [7, 11) is 0. The van der Waals surface area contributed by atoms with Gasteiger partial charge in [0.1, 0.15) is 0 Å². The van der Waals surface area contributed by atoms with E-state index in [0.29, 0.717) is 6.61 Å². The highest BCUT2D eigenvalue weighted by molar-refractivity contribution is 5.91. The maximum absolute atomic E-state index is 11.9. The molecule has 0 aliphatic carbocycles. The highest BCUT2D eigenvalue weighted by Gasteiger charge is 2.13. The number of anilines is 1. The molecular weight excluding hydrogens is 256 g/mol. The first kappa shape index (κ1) is 16.0. The van der Waals surface area contributed by atoms with Crippen molar-refractivity contribution >= 4 is 17.7 Å². The molecule has 0 spiro atoms. The molecule has 1 rings (SSSR count). The lowest BCUT2D eigenvalue weighted by atomic mass is 10.1. The van der Waals surface area contributed by atoms with Crippen molar-refractivity contribution in [3.63, 3.8) is 0 Å². The van der Waals surface area contributed by atoms with Gasteiger partial charge < -0.3 is 15.4 Å². The number of esters is 1. The summed E-state index contributed by atoms with van der Waals surface area (Å²) < 4.78 is 4.84. The summed E-state index contributed by atoms with van der Waals surface area (Å²) in [6.45, 7) is 7.74. The van der Waals surface area contributed by atoms with E-state index in [0.717, 1.165) is 16.8 Å². The predicted octanol–water partition coefficient (Wildman–Crippen LogP) is 2.77. The smallest absolute Gasteiger partial charge is 0.319 e. The quantitative estimate of drug-likeness (QED) is 0.814. The summed E-state index contributed by atoms with van der Waals surface area (Å²) >= 11 is 0. The van der Waals surface area contributed by atoms with Crippen molar-refractivity contribution in [2.45, 2.75) is 40.2 Å². The molecule has 0 aliphatic heterocycles. The zero-order valence-corrected chi connectivity index (χ0v) is 12.4. The fourth-order valence-corrected chi connectivity index (χ4v) is 1.91. The van der Waals surface area contributed by atoms with Crippen LogP contribution in [0.1, 0.15) is 31.4 Å². The first-order chi connectivity index (χ1) is 9.43. The molecular formula is C15H22N2O3. The Hall–Kier alpha value is -2.04. The number of aryl methyl sites for hydroxylation is 2. The molecule has 0 radical (unpaired) electrons. The lowest BCUT2D eigenvalue weighted by Gasteiger charge is -2.16. The molecule has 0 saturated heterocycles. The topological polar surface area (TPSA) is 67.4 Å². The van der Waals surface area contributed by atoms with Gasteiger partial charge >= 0.3 is 12.0 Å². The van der Waals surface area contributed by atoms with Gasteiger partial charge in [0.05, 0.1) is 13.0 Å². The van der Waals surface area contributed by atoms with Crippen molar-refractivity contribution in [3.05, 3.63) is 29.3 Å². The summed E-state index contributed by atoms with van der Waals surface area (Å²) in [4.78, 5) is 23.2. The summed E-state index contributed by atoms with van der Waals surface area (Å²) in [5, 5.41) is 5.53. The Kier molecular flexibility index (Phi) is 6.03. The standard InChI is InChI=1S/C15H22N2O3/c1-5-20-13(18)9-12(4)16-15(19)17-14-10(2)7-6-8-11(14)3/h6-8,12H,5,9H2,1-4H3,(H2,16,17,19). The molecule has 1 aromatic carbocycles. The van der Waals surface area contributed by atoms with Gasteiger partial charge in [0.2, 0.25) is 0 Å². The molecule has 0 saturated carbocycles. The van der Waals surface area contributed by atoms with E-state index in [2.05, 4.69) is 10.6 Å². The van der Waals surface area contributed by atoms with E-state index in [-0.39, 0.29) is 24.5 Å². The molecule has 2 N–H and O–H groups in total. The Morgan fingerprint density at radius 1 is 1.25 bits per heavy atom. The summed E-state index contributed by atoms with van der Waals surface area (Å²) in [5.41, 5.74) is 2.80. The lowest BCUT2D eigenvalue weighted by Crippen LogP contribution is -2.37. The van der Waals surface area contributed by atoms with Crippen LogP contribution >= 0.6 is 0 Å². The maximum Gasteiger partial charge on any atom is 0.319 e. The number of amides is 2. The van der Waals surface area contributed by atoms with E-state index in [1.54, 1.807) is 13.8 Å². The second-order valence-corrected chi connectivity index (χ2v) is 4.78. The highest BCUT2D eigenvalue weighted by Crippen LogP contribution is 2.19. The molecule has 0 bridgehead atoms. The number of nitrogens with one attached hydrogen (secondary N) is 2. The first-order valence-corrected chi connectivity index (χ1v) is 6.73. The van der Waals surface area contributed by atoms with Crippen molar-refractivity contribution in [1.29, 1.82) is 0 Å². The largest absolute Gasteiger partial charge is 0.466 e. The van der Waals surface area contributed by atoms with Gasteiger partial charge in [0.25, 0.3) is 0 Å². The van der Waals surface area contributed by atoms with Gasteiger partial charge in [0, 0.05) is 11.7 Å². The number of hydrogen-bond acceptors (Lipinski definition) is 3. The van der Waals surface area contributed by atoms with Crippen LogP contribution in [0.25, 0.3) is 0 Å². The van der Waals surface area contributed by atoms with Gasteiger partial charge in [-0.1, -0.05) is 18.2 Å². The Morgan fingerprint density at radius 2 is 1.85 bits per heavy atom. The zero-order valence-electron chi connectivity index (χ0n) is 12.4. The monoisotopic (exact) mass is 278 g/mol. The van der Waals surface area contributed by atoms with E-state index in [1.165, 1.54) is 0 Å². The van der Waals surface area contributed by atoms with Gasteiger partial charge in [-0.05, 0) is 38.8 Å². The Balaban J connectivity index is 2.53. The number of benzene rings is 1. The maximum atomic E-state index is 11.9. The van der Waals surface area contributed by atoms with Crippen LogP contribution in [0, 0.1) is 13.8 Å². The van der Waals surface area contributed by atoms with E-state index in [9.17, 15) is 9.59 Å². The third kappa shape index (κ3) is 4.91. The van der Waals surface area contributed by atoms with Crippen LogP contribution in [-0.4, -0.2) is 24.6 Å². The van der Waals surface area contributed by atoms with Crippen LogP contribution in [0.5, 0.6) is 0 Å². The predicted molar refractivity (Wildman–Crippen MR) is 78.8 cm³/mol. The van der Waals surface area contributed by atoms with Crippen molar-refractivity contribution in [3.8, 4) is 0 Å². The third-order valence-electron chi connectivity index (χ3n) is 2.88. The summed E-state index contributed by atoms with van der Waals surface area (Å²) in [6, 6.07) is 5.21. The molecule has 0 aromatic heterocycles. The van der Waals surface area contributed by atoms with Crippen molar-refractivity contribution < 1.29 is 14.3 Å². The fraction of sp³-hybridized carbons (Fsp3) is 0.467. The SMILES string of the molecule is CCOC(=O)CC(C)NC(=O)Nc1c(C)cccc1C.